The molecule has 6 nitrogen and oxygen atoms in total. The summed E-state index contributed by atoms with van der Waals surface area (Å²) in [7, 11) is 0. The van der Waals surface area contributed by atoms with Crippen LogP contribution in [-0.4, -0.2) is 46.3 Å². The monoisotopic (exact) mass is 620 g/mol. The molecule has 0 aromatic heterocycles. The fourth-order valence-electron chi connectivity index (χ4n) is 8.42. The van der Waals surface area contributed by atoms with E-state index in [1.165, 1.54) is 0 Å². The van der Waals surface area contributed by atoms with Crippen molar-refractivity contribution in [3.8, 4) is 11.1 Å². The predicted octanol–water partition coefficient (Wildman–Crippen LogP) is 8.59. The predicted molar refractivity (Wildman–Crippen MR) is 186 cm³/mol. The van der Waals surface area contributed by atoms with Crippen LogP contribution in [0.25, 0.3) is 32.7 Å². The highest BCUT2D eigenvalue weighted by molar-refractivity contribution is 6.12. The molecule has 0 saturated carbocycles. The average molecular weight is 621 g/mol. The van der Waals surface area contributed by atoms with Crippen LogP contribution in [0.5, 0.6) is 0 Å². The molecule has 242 valence electrons. The Morgan fingerprint density at radius 1 is 0.565 bits per heavy atom. The molecule has 0 spiro atoms. The van der Waals surface area contributed by atoms with Crippen molar-refractivity contribution in [3.63, 3.8) is 0 Å². The minimum atomic E-state index is -0.303. The van der Waals surface area contributed by atoms with Gasteiger partial charge in [0.15, 0.2) is 0 Å². The molecule has 0 radical (unpaired) electrons. The van der Waals surface area contributed by atoms with Gasteiger partial charge in [0.1, 0.15) is 12.2 Å². The Kier molecular flexibility index (Phi) is 8.05. The lowest BCUT2D eigenvalue weighted by molar-refractivity contribution is -0.00756. The number of piperidine rings is 2. The Hall–Kier alpha value is -3.74. The summed E-state index contributed by atoms with van der Waals surface area (Å²) in [5.41, 5.74) is 2.59. The number of esters is 2. The normalized spacial score (nSPS) is 20.8. The van der Waals surface area contributed by atoms with Gasteiger partial charge in [-0.15, -0.1) is 0 Å². The van der Waals surface area contributed by atoms with Crippen LogP contribution in [-0.2, 0) is 9.47 Å². The van der Waals surface area contributed by atoms with Crippen LogP contribution in [0.15, 0.2) is 72.8 Å². The topological polar surface area (TPSA) is 76.7 Å². The van der Waals surface area contributed by atoms with Crippen molar-refractivity contribution in [1.82, 2.24) is 10.6 Å². The molecular formula is C40H48N2O4. The molecule has 2 aliphatic heterocycles. The molecule has 4 aromatic rings. The van der Waals surface area contributed by atoms with Gasteiger partial charge in [-0.2, -0.15) is 0 Å². The molecule has 2 N–H and O–H groups in total. The highest BCUT2D eigenvalue weighted by Crippen LogP contribution is 2.37. The molecular weight excluding hydrogens is 572 g/mol. The van der Waals surface area contributed by atoms with Crippen LogP contribution >= 0.6 is 0 Å². The molecule has 2 heterocycles. The first kappa shape index (κ1) is 32.2. The molecule has 2 fully saturated rings. The van der Waals surface area contributed by atoms with E-state index in [-0.39, 0.29) is 46.3 Å². The average Bonchev–Trinajstić information content (AvgIpc) is 2.92. The number of benzene rings is 4. The molecule has 2 saturated heterocycles. The zero-order valence-corrected chi connectivity index (χ0v) is 28.5. The van der Waals surface area contributed by atoms with E-state index in [9.17, 15) is 9.59 Å². The quantitative estimate of drug-likeness (QED) is 0.218. The maximum atomic E-state index is 13.7. The fraction of sp³-hybridized carbons (Fsp3) is 0.450. The summed E-state index contributed by atoms with van der Waals surface area (Å²) in [5, 5.41) is 11.1. The number of hydrogen-bond acceptors (Lipinski definition) is 6. The highest BCUT2D eigenvalue weighted by atomic mass is 16.5. The van der Waals surface area contributed by atoms with Crippen molar-refractivity contribution in [3.05, 3.63) is 83.9 Å². The Morgan fingerprint density at radius 2 is 1.04 bits per heavy atom. The van der Waals surface area contributed by atoms with Gasteiger partial charge in [-0.25, -0.2) is 9.59 Å². The number of ether oxygens (including phenoxy) is 2. The Balaban J connectivity index is 1.32. The van der Waals surface area contributed by atoms with Crippen molar-refractivity contribution < 1.29 is 19.1 Å². The lowest BCUT2D eigenvalue weighted by atomic mass is 9.81. The molecule has 2 aliphatic rings. The maximum Gasteiger partial charge on any atom is 0.339 e. The van der Waals surface area contributed by atoms with Crippen LogP contribution < -0.4 is 10.6 Å². The molecule has 6 rings (SSSR count). The van der Waals surface area contributed by atoms with E-state index in [4.69, 9.17) is 9.47 Å². The van der Waals surface area contributed by atoms with Gasteiger partial charge in [-0.1, -0.05) is 54.6 Å². The molecule has 0 amide bonds. The first-order chi connectivity index (χ1) is 21.5. The van der Waals surface area contributed by atoms with E-state index < -0.39 is 0 Å². The third kappa shape index (κ3) is 6.84. The van der Waals surface area contributed by atoms with Gasteiger partial charge in [0.2, 0.25) is 0 Å². The summed E-state index contributed by atoms with van der Waals surface area (Å²) in [4.78, 5) is 27.2. The molecule has 0 atom stereocenters. The Labute approximate surface area is 273 Å². The summed E-state index contributed by atoms with van der Waals surface area (Å²) in [6.45, 7) is 17.2. The molecule has 0 bridgehead atoms. The molecule has 0 unspecified atom stereocenters. The molecule has 0 aliphatic carbocycles. The van der Waals surface area contributed by atoms with Crippen molar-refractivity contribution in [1.29, 1.82) is 0 Å². The van der Waals surface area contributed by atoms with Crippen molar-refractivity contribution in [2.75, 3.05) is 0 Å². The van der Waals surface area contributed by atoms with E-state index in [0.29, 0.717) is 11.1 Å². The van der Waals surface area contributed by atoms with Crippen LogP contribution in [0.2, 0.25) is 0 Å². The third-order valence-corrected chi connectivity index (χ3v) is 9.40. The summed E-state index contributed by atoms with van der Waals surface area (Å²) in [5.74, 6) is -0.601. The summed E-state index contributed by atoms with van der Waals surface area (Å²) in [6, 6.07) is 23.8. The second-order valence-electron chi connectivity index (χ2n) is 16.1. The lowest BCUT2D eigenvalue weighted by Gasteiger charge is -2.45. The number of nitrogens with one attached hydrogen (secondary N) is 2. The van der Waals surface area contributed by atoms with Gasteiger partial charge in [0, 0.05) is 47.8 Å². The van der Waals surface area contributed by atoms with Gasteiger partial charge in [0.25, 0.3) is 0 Å². The minimum absolute atomic E-state index is 0.121. The summed E-state index contributed by atoms with van der Waals surface area (Å²) in [6.07, 6.45) is 2.70. The van der Waals surface area contributed by atoms with Crippen LogP contribution in [0.1, 0.15) is 102 Å². The smallest absolute Gasteiger partial charge is 0.339 e. The van der Waals surface area contributed by atoms with E-state index in [1.54, 1.807) is 0 Å². The van der Waals surface area contributed by atoms with E-state index in [0.717, 1.165) is 58.4 Å². The highest BCUT2D eigenvalue weighted by Gasteiger charge is 2.40. The van der Waals surface area contributed by atoms with Crippen molar-refractivity contribution >= 4 is 33.5 Å². The van der Waals surface area contributed by atoms with Crippen LogP contribution in [0.3, 0.4) is 0 Å². The van der Waals surface area contributed by atoms with Gasteiger partial charge < -0.3 is 20.1 Å². The van der Waals surface area contributed by atoms with Gasteiger partial charge in [0.05, 0.1) is 11.1 Å². The summed E-state index contributed by atoms with van der Waals surface area (Å²) < 4.78 is 12.3. The SMILES string of the molecule is CC1(C)CC(OC(=O)c2ccc3cccc(-c4cccc5c(C(=O)OC6CC(C)(C)NC(C)(C)C6)cccc45)c3c2)CC(C)(C)N1. The maximum absolute atomic E-state index is 13.7. The van der Waals surface area contributed by atoms with Crippen molar-refractivity contribution in [2.24, 2.45) is 0 Å². The zero-order valence-electron chi connectivity index (χ0n) is 28.5. The Morgan fingerprint density at radius 3 is 1.63 bits per heavy atom. The summed E-state index contributed by atoms with van der Waals surface area (Å²) >= 11 is 0. The van der Waals surface area contributed by atoms with Crippen LogP contribution in [0, 0.1) is 0 Å². The van der Waals surface area contributed by atoms with E-state index in [1.807, 2.05) is 48.5 Å². The van der Waals surface area contributed by atoms with Gasteiger partial charge in [-0.05, 0) is 106 Å². The second-order valence-corrected chi connectivity index (χ2v) is 16.1. The number of carbonyl (C=O) groups excluding carboxylic acids is 2. The molecule has 46 heavy (non-hydrogen) atoms. The fourth-order valence-corrected chi connectivity index (χ4v) is 8.42. The Bertz CT molecular complexity index is 1780. The number of carbonyl (C=O) groups is 2. The zero-order chi connectivity index (χ0) is 33.1. The third-order valence-electron chi connectivity index (χ3n) is 9.40. The number of fused-ring (bicyclic) bond motifs is 2. The second kappa shape index (κ2) is 11.5. The largest absolute Gasteiger partial charge is 0.459 e. The molecule has 4 aromatic carbocycles. The number of rotatable bonds is 5. The number of hydrogen-bond donors (Lipinski definition) is 2. The van der Waals surface area contributed by atoms with Gasteiger partial charge in [-0.3, -0.25) is 0 Å². The first-order valence-corrected chi connectivity index (χ1v) is 16.6. The van der Waals surface area contributed by atoms with Gasteiger partial charge >= 0.3 is 11.9 Å². The van der Waals surface area contributed by atoms with E-state index >= 15 is 0 Å². The molecule has 6 heteroatoms. The minimum Gasteiger partial charge on any atom is -0.459 e. The van der Waals surface area contributed by atoms with Crippen LogP contribution in [0.4, 0.5) is 0 Å². The first-order valence-electron chi connectivity index (χ1n) is 16.6. The van der Waals surface area contributed by atoms with Crippen molar-refractivity contribution in [2.45, 2.75) is 115 Å². The lowest BCUT2D eigenvalue weighted by Crippen LogP contribution is -2.59. The van der Waals surface area contributed by atoms with E-state index in [2.05, 4.69) is 90.3 Å². The standard InChI is InChI=1S/C40H48N2O4/c1-37(2)21-27(22-38(3,4)41-37)45-35(43)26-19-18-25-12-9-13-32(34(25)20-26)30-14-10-16-31-29(30)15-11-17-33(31)36(44)46-28-23-39(5,6)42-40(7,8)24-28/h9-20,27-28,41-42H,21-24H2,1-8H3.